The molecule has 0 atom stereocenters. The minimum atomic E-state index is -0.238. The standard InChI is InChI=1S/C25H25FN4/c1-17-6-5-9-21(14-17)30-15-22(18-10-12-19(26)13-11-18)23-24(27-16-28-25(23)30)29-20-7-3-2-4-8-20/h5-6,9-16,20H,2-4,7-8H2,1H3,(H,27,28,29). The van der Waals surface area contributed by atoms with Crippen molar-refractivity contribution in [2.24, 2.45) is 0 Å². The Hall–Kier alpha value is -3.21. The van der Waals surface area contributed by atoms with Crippen molar-refractivity contribution in [3.8, 4) is 16.8 Å². The lowest BCUT2D eigenvalue weighted by atomic mass is 9.95. The van der Waals surface area contributed by atoms with E-state index >= 15 is 0 Å². The molecule has 1 N–H and O–H groups in total. The highest BCUT2D eigenvalue weighted by Gasteiger charge is 2.20. The third kappa shape index (κ3) is 3.56. The normalized spacial score (nSPS) is 14.9. The summed E-state index contributed by atoms with van der Waals surface area (Å²) in [5.41, 5.74) is 5.05. The average molecular weight is 401 g/mol. The fraction of sp³-hybridized carbons (Fsp3) is 0.280. The maximum Gasteiger partial charge on any atom is 0.150 e. The quantitative estimate of drug-likeness (QED) is 0.438. The van der Waals surface area contributed by atoms with Gasteiger partial charge in [0.15, 0.2) is 5.65 Å². The molecule has 1 fully saturated rings. The van der Waals surface area contributed by atoms with Crippen molar-refractivity contribution in [2.75, 3.05) is 5.32 Å². The molecule has 0 unspecified atom stereocenters. The van der Waals surface area contributed by atoms with E-state index in [4.69, 9.17) is 0 Å². The summed E-state index contributed by atoms with van der Waals surface area (Å²) in [6.07, 6.45) is 9.86. The Labute approximate surface area is 175 Å². The Bertz CT molecular complexity index is 1170. The van der Waals surface area contributed by atoms with Crippen LogP contribution in [0.1, 0.15) is 37.7 Å². The van der Waals surface area contributed by atoms with E-state index in [0.717, 1.165) is 46.5 Å². The number of rotatable bonds is 4. The van der Waals surface area contributed by atoms with Crippen LogP contribution in [0.25, 0.3) is 27.8 Å². The second-order valence-electron chi connectivity index (χ2n) is 8.16. The van der Waals surface area contributed by atoms with Crippen molar-refractivity contribution in [1.82, 2.24) is 14.5 Å². The van der Waals surface area contributed by atoms with Crippen LogP contribution in [0, 0.1) is 12.7 Å². The number of aromatic nitrogens is 3. The predicted molar refractivity (Wildman–Crippen MR) is 119 cm³/mol. The third-order valence-electron chi connectivity index (χ3n) is 5.96. The Kier molecular flexibility index (Phi) is 4.95. The summed E-state index contributed by atoms with van der Waals surface area (Å²) in [5.74, 6) is 0.621. The highest BCUT2D eigenvalue weighted by Crippen LogP contribution is 2.36. The van der Waals surface area contributed by atoms with Crippen LogP contribution >= 0.6 is 0 Å². The number of benzene rings is 2. The minimum Gasteiger partial charge on any atom is -0.367 e. The van der Waals surface area contributed by atoms with Crippen molar-refractivity contribution in [1.29, 1.82) is 0 Å². The van der Waals surface area contributed by atoms with Gasteiger partial charge < -0.3 is 9.88 Å². The molecule has 5 heteroatoms. The van der Waals surface area contributed by atoms with Crippen LogP contribution in [-0.2, 0) is 0 Å². The molecule has 2 aromatic carbocycles. The minimum absolute atomic E-state index is 0.238. The molecule has 0 radical (unpaired) electrons. The van der Waals surface area contributed by atoms with E-state index in [9.17, 15) is 4.39 Å². The second kappa shape index (κ2) is 7.90. The van der Waals surface area contributed by atoms with Gasteiger partial charge in [0.2, 0.25) is 0 Å². The van der Waals surface area contributed by atoms with Gasteiger partial charge in [0.1, 0.15) is 18.0 Å². The summed E-state index contributed by atoms with van der Waals surface area (Å²) >= 11 is 0. The first-order valence-electron chi connectivity index (χ1n) is 10.6. The Balaban J connectivity index is 1.70. The van der Waals surface area contributed by atoms with Crippen LogP contribution in [0.4, 0.5) is 10.2 Å². The van der Waals surface area contributed by atoms with Gasteiger partial charge in [0.25, 0.3) is 0 Å². The largest absolute Gasteiger partial charge is 0.367 e. The third-order valence-corrected chi connectivity index (χ3v) is 5.96. The fourth-order valence-corrected chi connectivity index (χ4v) is 4.43. The molecule has 5 rings (SSSR count). The van der Waals surface area contributed by atoms with E-state index in [1.807, 2.05) is 12.1 Å². The number of hydrogen-bond donors (Lipinski definition) is 1. The van der Waals surface area contributed by atoms with E-state index in [1.54, 1.807) is 6.33 Å². The number of nitrogens with zero attached hydrogens (tertiary/aromatic N) is 3. The fourth-order valence-electron chi connectivity index (χ4n) is 4.43. The first-order chi connectivity index (χ1) is 14.7. The Morgan fingerprint density at radius 1 is 1.00 bits per heavy atom. The molecule has 152 valence electrons. The van der Waals surface area contributed by atoms with Gasteiger partial charge in [-0.05, 0) is 55.2 Å². The number of anilines is 1. The monoisotopic (exact) mass is 400 g/mol. The highest BCUT2D eigenvalue weighted by molar-refractivity contribution is 6.02. The smallest absolute Gasteiger partial charge is 0.150 e. The summed E-state index contributed by atoms with van der Waals surface area (Å²) in [7, 11) is 0. The summed E-state index contributed by atoms with van der Waals surface area (Å²) in [5, 5.41) is 4.67. The zero-order valence-electron chi connectivity index (χ0n) is 17.1. The first kappa shape index (κ1) is 18.8. The SMILES string of the molecule is Cc1cccc(-n2cc(-c3ccc(F)cc3)c3c(NC4CCCCC4)ncnc32)c1. The molecule has 0 aliphatic heterocycles. The van der Waals surface area contributed by atoms with Crippen LogP contribution < -0.4 is 5.32 Å². The van der Waals surface area contributed by atoms with Crippen LogP contribution in [0.5, 0.6) is 0 Å². The van der Waals surface area contributed by atoms with Gasteiger partial charge in [-0.15, -0.1) is 0 Å². The summed E-state index contributed by atoms with van der Waals surface area (Å²) in [4.78, 5) is 9.26. The molecule has 1 aliphatic carbocycles. The lowest BCUT2D eigenvalue weighted by molar-refractivity contribution is 0.462. The van der Waals surface area contributed by atoms with E-state index < -0.39 is 0 Å². The average Bonchev–Trinajstić information content (AvgIpc) is 3.16. The summed E-state index contributed by atoms with van der Waals surface area (Å²) in [6, 6.07) is 15.4. The Morgan fingerprint density at radius 2 is 1.80 bits per heavy atom. The van der Waals surface area contributed by atoms with Gasteiger partial charge >= 0.3 is 0 Å². The molecule has 1 aliphatic rings. The molecule has 4 nitrogen and oxygen atoms in total. The van der Waals surface area contributed by atoms with Gasteiger partial charge in [-0.1, -0.05) is 43.5 Å². The van der Waals surface area contributed by atoms with Crippen LogP contribution in [0.3, 0.4) is 0 Å². The maximum absolute atomic E-state index is 13.6. The molecule has 0 spiro atoms. The summed E-state index contributed by atoms with van der Waals surface area (Å²) in [6.45, 7) is 2.08. The van der Waals surface area contributed by atoms with Gasteiger partial charge in [0.05, 0.1) is 5.39 Å². The Morgan fingerprint density at radius 3 is 2.57 bits per heavy atom. The van der Waals surface area contributed by atoms with Crippen molar-refractivity contribution in [3.63, 3.8) is 0 Å². The zero-order chi connectivity index (χ0) is 20.5. The number of fused-ring (bicyclic) bond motifs is 1. The van der Waals surface area contributed by atoms with Crippen molar-refractivity contribution < 1.29 is 4.39 Å². The van der Waals surface area contributed by atoms with Gasteiger partial charge in [0, 0.05) is 23.5 Å². The molecule has 0 saturated heterocycles. The van der Waals surface area contributed by atoms with Gasteiger partial charge in [-0.2, -0.15) is 0 Å². The van der Waals surface area contributed by atoms with E-state index in [2.05, 4.69) is 57.2 Å². The molecular formula is C25H25FN4. The zero-order valence-corrected chi connectivity index (χ0v) is 17.1. The molecule has 30 heavy (non-hydrogen) atoms. The van der Waals surface area contributed by atoms with Gasteiger partial charge in [-0.25, -0.2) is 14.4 Å². The van der Waals surface area contributed by atoms with E-state index in [-0.39, 0.29) is 5.82 Å². The van der Waals surface area contributed by atoms with Crippen molar-refractivity contribution in [3.05, 3.63) is 72.4 Å². The molecule has 0 amide bonds. The molecule has 1 saturated carbocycles. The highest BCUT2D eigenvalue weighted by atomic mass is 19.1. The molecule has 2 heterocycles. The lowest BCUT2D eigenvalue weighted by Gasteiger charge is -2.23. The predicted octanol–water partition coefficient (Wildman–Crippen LogP) is 6.28. The number of nitrogens with one attached hydrogen (secondary N) is 1. The number of aryl methyl sites for hydroxylation is 1. The molecule has 0 bridgehead atoms. The van der Waals surface area contributed by atoms with Gasteiger partial charge in [-0.3, -0.25) is 0 Å². The van der Waals surface area contributed by atoms with Crippen LogP contribution in [-0.4, -0.2) is 20.6 Å². The second-order valence-corrected chi connectivity index (χ2v) is 8.16. The number of halogens is 1. The van der Waals surface area contributed by atoms with E-state index in [1.165, 1.54) is 37.0 Å². The topological polar surface area (TPSA) is 42.7 Å². The van der Waals surface area contributed by atoms with Crippen molar-refractivity contribution in [2.45, 2.75) is 45.1 Å². The van der Waals surface area contributed by atoms with Crippen LogP contribution in [0.15, 0.2) is 61.1 Å². The van der Waals surface area contributed by atoms with Crippen LogP contribution in [0.2, 0.25) is 0 Å². The maximum atomic E-state index is 13.6. The van der Waals surface area contributed by atoms with Crippen molar-refractivity contribution >= 4 is 16.9 Å². The summed E-state index contributed by atoms with van der Waals surface area (Å²) < 4.78 is 15.7. The lowest BCUT2D eigenvalue weighted by Crippen LogP contribution is -2.23. The number of hydrogen-bond acceptors (Lipinski definition) is 3. The van der Waals surface area contributed by atoms with E-state index in [0.29, 0.717) is 6.04 Å². The molecular weight excluding hydrogens is 375 g/mol. The molecule has 2 aromatic heterocycles. The first-order valence-corrected chi connectivity index (χ1v) is 10.6. The molecule has 4 aromatic rings.